The Kier molecular flexibility index (Phi) is 5.78. The van der Waals surface area contributed by atoms with Gasteiger partial charge < -0.3 is 9.84 Å². The summed E-state index contributed by atoms with van der Waals surface area (Å²) >= 11 is -0.634. The molecule has 0 aromatic heterocycles. The fourth-order valence-electron chi connectivity index (χ4n) is 3.59. The van der Waals surface area contributed by atoms with Crippen molar-refractivity contribution in [1.82, 2.24) is 0 Å². The van der Waals surface area contributed by atoms with Crippen LogP contribution in [0.25, 0.3) is 0 Å². The first kappa shape index (κ1) is 16.9. The summed E-state index contributed by atoms with van der Waals surface area (Å²) in [5.74, 6) is -1.14. The zero-order valence-corrected chi connectivity index (χ0v) is 12.1. The highest BCUT2D eigenvalue weighted by atomic mass is 32.2. The summed E-state index contributed by atoms with van der Waals surface area (Å²) in [6.45, 7) is -0.155. The standard InChI is InChI=1S/C12H18F2O6S/c13-12(14,21-20-19-17)11(16)18-6-10-8-3-1-7(2-4-8)9(10)5-15/h7-10,15,17H,1-6H2. The molecule has 2 atom stereocenters. The summed E-state index contributed by atoms with van der Waals surface area (Å²) in [6.07, 6.45) is 4.04. The molecule has 2 N–H and O–H groups in total. The minimum Gasteiger partial charge on any atom is -0.460 e. The maximum Gasteiger partial charge on any atom is 0.415 e. The SMILES string of the molecule is O=C(OCC1C2CCC(CC2)C1CO)C(F)(F)SOOO. The number of alkyl halides is 2. The van der Waals surface area contributed by atoms with E-state index in [1.165, 1.54) is 0 Å². The van der Waals surface area contributed by atoms with E-state index in [0.29, 0.717) is 11.8 Å². The fraction of sp³-hybridized carbons (Fsp3) is 0.917. The monoisotopic (exact) mass is 328 g/mol. The second-order valence-corrected chi connectivity index (χ2v) is 6.34. The first-order valence-electron chi connectivity index (χ1n) is 6.81. The van der Waals surface area contributed by atoms with E-state index in [0.717, 1.165) is 25.7 Å². The summed E-state index contributed by atoms with van der Waals surface area (Å²) in [6, 6.07) is 0. The minimum absolute atomic E-state index is 0.00333. The highest BCUT2D eigenvalue weighted by Gasteiger charge is 2.47. The van der Waals surface area contributed by atoms with E-state index in [2.05, 4.69) is 14.1 Å². The third kappa shape index (κ3) is 3.84. The van der Waals surface area contributed by atoms with Gasteiger partial charge in [0.25, 0.3) is 0 Å². The minimum atomic E-state index is -3.97. The molecular weight excluding hydrogens is 310 g/mol. The van der Waals surface area contributed by atoms with Crippen molar-refractivity contribution < 1.29 is 38.0 Å². The lowest BCUT2D eigenvalue weighted by Gasteiger charge is -2.47. The number of rotatable bonds is 7. The van der Waals surface area contributed by atoms with Crippen LogP contribution in [0.5, 0.6) is 0 Å². The number of fused-ring (bicyclic) bond motifs is 3. The maximum atomic E-state index is 13.2. The van der Waals surface area contributed by atoms with Crippen LogP contribution in [0.15, 0.2) is 0 Å². The van der Waals surface area contributed by atoms with Gasteiger partial charge in [-0.25, -0.2) is 10.1 Å². The Bertz CT molecular complexity index is 362. The molecule has 6 nitrogen and oxygen atoms in total. The quantitative estimate of drug-likeness (QED) is 0.321. The summed E-state index contributed by atoms with van der Waals surface area (Å²) < 4.78 is 34.8. The molecule has 0 amide bonds. The number of halogens is 2. The maximum absolute atomic E-state index is 13.2. The number of aliphatic hydroxyl groups excluding tert-OH is 1. The lowest BCUT2D eigenvalue weighted by atomic mass is 9.59. The number of aliphatic hydroxyl groups is 1. The first-order valence-corrected chi connectivity index (χ1v) is 7.55. The molecule has 0 saturated heterocycles. The van der Waals surface area contributed by atoms with Crippen LogP contribution in [0, 0.1) is 23.7 Å². The van der Waals surface area contributed by atoms with Gasteiger partial charge in [-0.3, -0.25) is 0 Å². The summed E-state index contributed by atoms with van der Waals surface area (Å²) in [7, 11) is 0. The molecule has 0 spiro atoms. The van der Waals surface area contributed by atoms with Gasteiger partial charge in [0.15, 0.2) is 0 Å². The van der Waals surface area contributed by atoms with Crippen LogP contribution >= 0.6 is 12.0 Å². The molecule has 3 saturated carbocycles. The molecule has 3 aliphatic rings. The van der Waals surface area contributed by atoms with Crippen molar-refractivity contribution in [3.8, 4) is 0 Å². The van der Waals surface area contributed by atoms with Gasteiger partial charge >= 0.3 is 11.2 Å². The Morgan fingerprint density at radius 3 is 2.29 bits per heavy atom. The summed E-state index contributed by atoms with van der Waals surface area (Å²) in [5.41, 5.74) is 0. The average molecular weight is 328 g/mol. The van der Waals surface area contributed by atoms with E-state index in [1.54, 1.807) is 0 Å². The van der Waals surface area contributed by atoms with E-state index in [-0.39, 0.29) is 25.0 Å². The Labute approximate surface area is 124 Å². The first-order chi connectivity index (χ1) is 9.99. The summed E-state index contributed by atoms with van der Waals surface area (Å²) in [4.78, 5) is 11.3. The third-order valence-electron chi connectivity index (χ3n) is 4.60. The van der Waals surface area contributed by atoms with Crippen LogP contribution in [-0.2, 0) is 18.9 Å². The smallest absolute Gasteiger partial charge is 0.415 e. The Morgan fingerprint density at radius 1 is 1.19 bits per heavy atom. The molecule has 21 heavy (non-hydrogen) atoms. The Morgan fingerprint density at radius 2 is 1.76 bits per heavy atom. The molecule has 2 bridgehead atoms. The van der Waals surface area contributed by atoms with Crippen LogP contribution < -0.4 is 0 Å². The number of ether oxygens (including phenoxy) is 1. The van der Waals surface area contributed by atoms with Crippen molar-refractivity contribution in [2.75, 3.05) is 13.2 Å². The zero-order valence-electron chi connectivity index (χ0n) is 11.2. The normalized spacial score (nSPS) is 32.2. The predicted molar refractivity (Wildman–Crippen MR) is 67.8 cm³/mol. The van der Waals surface area contributed by atoms with Crippen molar-refractivity contribution in [2.24, 2.45) is 23.7 Å². The van der Waals surface area contributed by atoms with Gasteiger partial charge in [0.2, 0.25) is 0 Å². The Balaban J connectivity index is 1.88. The van der Waals surface area contributed by atoms with Crippen LogP contribution in [0.3, 0.4) is 0 Å². The zero-order chi connectivity index (χ0) is 15.5. The highest BCUT2D eigenvalue weighted by Crippen LogP contribution is 2.48. The topological polar surface area (TPSA) is 85.2 Å². The van der Waals surface area contributed by atoms with Crippen LogP contribution in [0.2, 0.25) is 0 Å². The van der Waals surface area contributed by atoms with E-state index >= 15 is 0 Å². The van der Waals surface area contributed by atoms with Crippen LogP contribution in [0.4, 0.5) is 8.78 Å². The van der Waals surface area contributed by atoms with Gasteiger partial charge in [0, 0.05) is 12.5 Å². The lowest BCUT2D eigenvalue weighted by Crippen LogP contribution is -2.44. The molecule has 0 aromatic rings. The molecule has 0 aromatic carbocycles. The van der Waals surface area contributed by atoms with Gasteiger partial charge in [-0.05, 0) is 43.4 Å². The van der Waals surface area contributed by atoms with Crippen LogP contribution in [0.1, 0.15) is 25.7 Å². The van der Waals surface area contributed by atoms with E-state index in [9.17, 15) is 18.7 Å². The molecular formula is C12H18F2O6S. The second kappa shape index (κ2) is 7.19. The van der Waals surface area contributed by atoms with Crippen molar-refractivity contribution in [1.29, 1.82) is 0 Å². The third-order valence-corrected chi connectivity index (χ3v) is 5.11. The average Bonchev–Trinajstić information content (AvgIpc) is 2.51. The molecule has 3 rings (SSSR count). The van der Waals surface area contributed by atoms with Crippen molar-refractivity contribution >= 4 is 18.0 Å². The van der Waals surface area contributed by atoms with Gasteiger partial charge in [0.1, 0.15) is 12.0 Å². The molecule has 0 aliphatic heterocycles. The number of carbonyl (C=O) groups is 1. The Hall–Kier alpha value is -0.480. The van der Waals surface area contributed by atoms with Gasteiger partial charge in [0.05, 0.1) is 6.61 Å². The molecule has 122 valence electrons. The molecule has 9 heteroatoms. The van der Waals surface area contributed by atoms with Crippen molar-refractivity contribution in [3.05, 3.63) is 0 Å². The summed E-state index contributed by atoms with van der Waals surface area (Å²) in [5, 5.41) is 16.4. The van der Waals surface area contributed by atoms with Gasteiger partial charge in [-0.15, -0.1) is 4.33 Å². The molecule has 3 aliphatic carbocycles. The van der Waals surface area contributed by atoms with E-state index in [4.69, 9.17) is 5.26 Å². The second-order valence-electron chi connectivity index (χ2n) is 5.53. The van der Waals surface area contributed by atoms with Crippen LogP contribution in [-0.4, -0.2) is 34.8 Å². The molecule has 2 unspecified atom stereocenters. The van der Waals surface area contributed by atoms with E-state index in [1.807, 2.05) is 0 Å². The van der Waals surface area contributed by atoms with Crippen molar-refractivity contribution in [2.45, 2.75) is 30.9 Å². The number of hydrogen-bond donors (Lipinski definition) is 2. The van der Waals surface area contributed by atoms with E-state index < -0.39 is 23.3 Å². The molecule has 3 fully saturated rings. The fourth-order valence-corrected chi connectivity index (χ4v) is 3.84. The number of esters is 1. The largest absolute Gasteiger partial charge is 0.460 e. The van der Waals surface area contributed by atoms with Gasteiger partial charge in [-0.1, -0.05) is 5.04 Å². The lowest BCUT2D eigenvalue weighted by molar-refractivity contribution is -0.433. The molecule has 0 heterocycles. The number of carbonyl (C=O) groups excluding carboxylic acids is 1. The molecule has 0 radical (unpaired) electrons. The number of hydrogen-bond acceptors (Lipinski definition) is 7. The van der Waals surface area contributed by atoms with Crippen molar-refractivity contribution in [3.63, 3.8) is 0 Å². The predicted octanol–water partition coefficient (Wildman–Crippen LogP) is 2.24. The highest BCUT2D eigenvalue weighted by molar-refractivity contribution is 7.96. The van der Waals surface area contributed by atoms with Gasteiger partial charge in [-0.2, -0.15) is 8.78 Å².